The molecule has 9 nitrogen and oxygen atoms in total. The number of rotatable bonds is 4. The Bertz CT molecular complexity index is 909. The van der Waals surface area contributed by atoms with Crippen LogP contribution in [-0.4, -0.2) is 44.3 Å². The maximum atomic E-state index is 12.3. The molecule has 0 aromatic carbocycles. The summed E-state index contributed by atoms with van der Waals surface area (Å²) in [7, 11) is 1.34. The molecule has 0 radical (unpaired) electrons. The first-order valence-corrected chi connectivity index (χ1v) is 7.06. The van der Waals surface area contributed by atoms with Crippen LogP contribution in [0.2, 0.25) is 0 Å². The smallest absolute Gasteiger partial charge is 0.346 e. The zero-order valence-electron chi connectivity index (χ0n) is 12.0. The van der Waals surface area contributed by atoms with E-state index in [2.05, 4.69) is 0 Å². The van der Waals surface area contributed by atoms with Gasteiger partial charge in [0.2, 0.25) is 0 Å². The van der Waals surface area contributed by atoms with Crippen molar-refractivity contribution in [1.29, 1.82) is 0 Å². The lowest BCUT2D eigenvalue weighted by atomic mass is 10.1. The number of aliphatic carboxylic acids is 1. The number of carboxylic acid groups (broad SMARTS) is 2. The number of nitrogens with one attached hydrogen (secondary N) is 1. The van der Waals surface area contributed by atoms with Crippen LogP contribution in [0.1, 0.15) is 25.6 Å². The summed E-state index contributed by atoms with van der Waals surface area (Å²) in [6, 6.07) is 0. The van der Waals surface area contributed by atoms with Crippen LogP contribution in [-0.2, 0) is 11.8 Å². The van der Waals surface area contributed by atoms with Crippen LogP contribution in [0.4, 0.5) is 0 Å². The second-order valence-corrected chi connectivity index (χ2v) is 5.72. The first kappa shape index (κ1) is 16.5. The fourth-order valence-electron chi connectivity index (χ4n) is 2.21. The Morgan fingerprint density at radius 1 is 1.26 bits per heavy atom. The highest BCUT2D eigenvalue weighted by Crippen LogP contribution is 2.36. The molecule has 4 N–H and O–H groups in total. The predicted octanol–water partition coefficient (Wildman–Crippen LogP) is 0.127. The monoisotopic (exact) mass is 340 g/mol. The van der Waals surface area contributed by atoms with Gasteiger partial charge in [-0.15, -0.1) is 11.3 Å². The van der Waals surface area contributed by atoms with Gasteiger partial charge < -0.3 is 25.2 Å². The van der Waals surface area contributed by atoms with Gasteiger partial charge in [0.1, 0.15) is 17.0 Å². The van der Waals surface area contributed by atoms with E-state index in [1.807, 2.05) is 5.32 Å². The summed E-state index contributed by atoms with van der Waals surface area (Å²) >= 11 is 0.732. The van der Waals surface area contributed by atoms with E-state index in [0.29, 0.717) is 5.56 Å². The number of carboxylic acids is 2. The van der Waals surface area contributed by atoms with E-state index in [0.717, 1.165) is 15.9 Å². The minimum absolute atomic E-state index is 0.0617. The average molecular weight is 340 g/mol. The molecule has 0 saturated heterocycles. The normalized spacial score (nSPS) is 10.7. The van der Waals surface area contributed by atoms with Crippen molar-refractivity contribution >= 4 is 39.4 Å². The van der Waals surface area contributed by atoms with Crippen LogP contribution < -0.4 is 10.9 Å². The number of hydrogen-bond donors (Lipinski definition) is 4. The number of fused-ring (bicyclic) bond motifs is 1. The van der Waals surface area contributed by atoms with Crippen LogP contribution in [0.5, 0.6) is 5.75 Å². The molecular formula is C13H12N2O7S. The fourth-order valence-corrected chi connectivity index (χ4v) is 3.33. The first-order valence-electron chi connectivity index (χ1n) is 6.25. The summed E-state index contributed by atoms with van der Waals surface area (Å²) in [5.41, 5.74) is -0.968. The molecule has 2 rings (SSSR count). The van der Waals surface area contributed by atoms with Gasteiger partial charge in [0.15, 0.2) is 5.75 Å². The average Bonchev–Trinajstić information content (AvgIpc) is 2.81. The third-order valence-electron chi connectivity index (χ3n) is 3.24. The fraction of sp³-hybridized carbons (Fsp3) is 0.231. The molecule has 2 aromatic rings. The molecule has 0 aliphatic heterocycles. The molecule has 2 aromatic heterocycles. The number of carbonyl (C=O) groups excluding carboxylic acids is 1. The lowest BCUT2D eigenvalue weighted by Crippen LogP contribution is -2.35. The number of aromatic hydroxyl groups is 1. The van der Waals surface area contributed by atoms with Crippen molar-refractivity contribution < 1.29 is 29.7 Å². The van der Waals surface area contributed by atoms with E-state index in [1.165, 1.54) is 14.0 Å². The molecule has 0 bridgehead atoms. The summed E-state index contributed by atoms with van der Waals surface area (Å²) in [5, 5.41) is 29.9. The first-order chi connectivity index (χ1) is 10.7. The zero-order chi connectivity index (χ0) is 17.5. The van der Waals surface area contributed by atoms with E-state index >= 15 is 0 Å². The topological polar surface area (TPSA) is 146 Å². The maximum absolute atomic E-state index is 12.3. The Labute approximate surface area is 132 Å². The molecule has 0 fully saturated rings. The summed E-state index contributed by atoms with van der Waals surface area (Å²) in [6.07, 6.45) is 0. The molecule has 10 heteroatoms. The number of aromatic nitrogens is 1. The SMILES string of the molecule is Cc1c(C(=O)O)sc2c(O)c(C(=O)NCC(=O)O)c(=O)n(C)c12. The highest BCUT2D eigenvalue weighted by Gasteiger charge is 2.26. The van der Waals surface area contributed by atoms with E-state index in [1.54, 1.807) is 0 Å². The summed E-state index contributed by atoms with van der Waals surface area (Å²) < 4.78 is 1.13. The molecule has 0 aliphatic rings. The maximum Gasteiger partial charge on any atom is 0.346 e. The lowest BCUT2D eigenvalue weighted by molar-refractivity contribution is -0.135. The number of carbonyl (C=O) groups is 3. The largest absolute Gasteiger partial charge is 0.505 e. The Morgan fingerprint density at radius 3 is 2.39 bits per heavy atom. The minimum atomic E-state index is -1.31. The minimum Gasteiger partial charge on any atom is -0.505 e. The number of aromatic carboxylic acids is 1. The van der Waals surface area contributed by atoms with Crippen LogP contribution >= 0.6 is 11.3 Å². The van der Waals surface area contributed by atoms with Crippen LogP contribution in [0.3, 0.4) is 0 Å². The summed E-state index contributed by atoms with van der Waals surface area (Å²) in [4.78, 5) is 45.8. The molecule has 0 unspecified atom stereocenters. The molecule has 0 saturated carbocycles. The van der Waals surface area contributed by atoms with E-state index in [4.69, 9.17) is 10.2 Å². The summed E-state index contributed by atoms with van der Waals surface area (Å²) in [6.45, 7) is 0.772. The third kappa shape index (κ3) is 2.63. The van der Waals surface area contributed by atoms with Crippen molar-refractivity contribution in [2.75, 3.05) is 6.54 Å². The van der Waals surface area contributed by atoms with Gasteiger partial charge in [-0.2, -0.15) is 0 Å². The standard InChI is InChI=1S/C13H12N2O7S/c1-4-7-10(23-9(4)13(21)22)8(18)6(12(20)15(7)2)11(19)14-3-5(16)17/h18H,3H2,1-2H3,(H,14,19)(H,16,17)(H,21,22). The number of hydrogen-bond acceptors (Lipinski definition) is 6. The Hall–Kier alpha value is -2.88. The van der Waals surface area contributed by atoms with Gasteiger partial charge in [-0.25, -0.2) is 4.79 Å². The number of nitrogens with zero attached hydrogens (tertiary/aromatic N) is 1. The summed E-state index contributed by atoms with van der Waals surface area (Å²) in [5.74, 6) is -4.23. The van der Waals surface area contributed by atoms with E-state index in [9.17, 15) is 24.3 Å². The Morgan fingerprint density at radius 2 is 1.87 bits per heavy atom. The molecule has 1 amide bonds. The zero-order valence-corrected chi connectivity index (χ0v) is 12.9. The van der Waals surface area contributed by atoms with Gasteiger partial charge in [-0.05, 0) is 12.5 Å². The quantitative estimate of drug-likeness (QED) is 0.618. The third-order valence-corrected chi connectivity index (χ3v) is 4.52. The molecule has 2 heterocycles. The number of aryl methyl sites for hydroxylation is 2. The van der Waals surface area contributed by atoms with Crippen LogP contribution in [0.15, 0.2) is 4.79 Å². The molecule has 0 aliphatic carbocycles. The van der Waals surface area contributed by atoms with Crippen molar-refractivity contribution in [3.63, 3.8) is 0 Å². The van der Waals surface area contributed by atoms with Gasteiger partial charge >= 0.3 is 11.9 Å². The second kappa shape index (κ2) is 5.72. The van der Waals surface area contributed by atoms with Gasteiger partial charge in [-0.3, -0.25) is 14.4 Å². The number of pyridine rings is 1. The molecular weight excluding hydrogens is 328 g/mol. The Balaban J connectivity index is 2.74. The van der Waals surface area contributed by atoms with Gasteiger partial charge in [-0.1, -0.05) is 0 Å². The number of amides is 1. The lowest BCUT2D eigenvalue weighted by Gasteiger charge is -2.09. The van der Waals surface area contributed by atoms with Crippen LogP contribution in [0.25, 0.3) is 10.2 Å². The highest BCUT2D eigenvalue weighted by atomic mass is 32.1. The van der Waals surface area contributed by atoms with Crippen molar-refractivity contribution in [3.05, 3.63) is 26.4 Å². The van der Waals surface area contributed by atoms with E-state index in [-0.39, 0.29) is 15.1 Å². The van der Waals surface area contributed by atoms with E-state index < -0.39 is 41.3 Å². The second-order valence-electron chi connectivity index (χ2n) is 4.70. The van der Waals surface area contributed by atoms with Gasteiger partial charge in [0.25, 0.3) is 11.5 Å². The van der Waals surface area contributed by atoms with Crippen molar-refractivity contribution in [2.24, 2.45) is 7.05 Å². The van der Waals surface area contributed by atoms with Crippen molar-refractivity contribution in [3.8, 4) is 5.75 Å². The van der Waals surface area contributed by atoms with Gasteiger partial charge in [0, 0.05) is 7.05 Å². The molecule has 0 atom stereocenters. The molecule has 122 valence electrons. The predicted molar refractivity (Wildman–Crippen MR) is 80.4 cm³/mol. The van der Waals surface area contributed by atoms with Crippen LogP contribution in [0, 0.1) is 6.92 Å². The molecule has 0 spiro atoms. The molecule has 23 heavy (non-hydrogen) atoms. The van der Waals surface area contributed by atoms with Gasteiger partial charge in [0.05, 0.1) is 10.2 Å². The Kier molecular flexibility index (Phi) is 4.10. The number of thiophene rings is 1. The highest BCUT2D eigenvalue weighted by molar-refractivity contribution is 7.21. The van der Waals surface area contributed by atoms with Crippen molar-refractivity contribution in [2.45, 2.75) is 6.92 Å². The van der Waals surface area contributed by atoms with Crippen molar-refractivity contribution in [1.82, 2.24) is 9.88 Å².